The summed E-state index contributed by atoms with van der Waals surface area (Å²) in [6.07, 6.45) is 3.88. The van der Waals surface area contributed by atoms with Gasteiger partial charge < -0.3 is 25.2 Å². The number of hydrogen-bond acceptors (Lipinski definition) is 8. The molecule has 0 bridgehead atoms. The molecule has 174 valence electrons. The van der Waals surface area contributed by atoms with E-state index >= 15 is 0 Å². The summed E-state index contributed by atoms with van der Waals surface area (Å²) in [6.45, 7) is 11.5. The second-order valence-corrected chi connectivity index (χ2v) is 9.64. The van der Waals surface area contributed by atoms with Crippen molar-refractivity contribution in [2.24, 2.45) is 11.8 Å². The first kappa shape index (κ1) is 25.0. The number of esters is 2. The van der Waals surface area contributed by atoms with Gasteiger partial charge in [-0.1, -0.05) is 0 Å². The Labute approximate surface area is 181 Å². The number of ether oxygens (including phenoxy) is 2. The van der Waals surface area contributed by atoms with Gasteiger partial charge in [0.1, 0.15) is 11.2 Å². The number of piperidine rings is 2. The van der Waals surface area contributed by atoms with E-state index in [4.69, 9.17) is 9.47 Å². The zero-order valence-corrected chi connectivity index (χ0v) is 19.2. The van der Waals surface area contributed by atoms with Gasteiger partial charge in [0, 0.05) is 18.4 Å². The fourth-order valence-corrected chi connectivity index (χ4v) is 4.57. The number of aliphatic hydroxyl groups is 1. The molecule has 0 atom stereocenters. The molecule has 0 amide bonds. The van der Waals surface area contributed by atoms with E-state index in [-0.39, 0.29) is 38.2 Å². The average molecular weight is 428 g/mol. The second kappa shape index (κ2) is 11.4. The van der Waals surface area contributed by atoms with Crippen LogP contribution in [0.15, 0.2) is 0 Å². The summed E-state index contributed by atoms with van der Waals surface area (Å²) >= 11 is 0. The number of rotatable bonds is 10. The van der Waals surface area contributed by atoms with E-state index in [1.165, 1.54) is 0 Å². The first-order chi connectivity index (χ1) is 14.1. The molecular formula is C22H41N3O5. The lowest BCUT2D eigenvalue weighted by molar-refractivity contribution is -0.168. The van der Waals surface area contributed by atoms with Gasteiger partial charge in [-0.2, -0.15) is 0 Å². The molecule has 2 saturated heterocycles. The Bertz CT molecular complexity index is 509. The smallest absolute Gasteiger partial charge is 0.320 e. The lowest BCUT2D eigenvalue weighted by atomic mass is 9.83. The predicted octanol–water partition coefficient (Wildman–Crippen LogP) is 0.924. The minimum Gasteiger partial charge on any atom is -0.458 e. The van der Waals surface area contributed by atoms with Crippen molar-refractivity contribution >= 4 is 11.9 Å². The van der Waals surface area contributed by atoms with Crippen molar-refractivity contribution in [3.8, 4) is 0 Å². The molecule has 0 radical (unpaired) electrons. The molecule has 3 N–H and O–H groups in total. The standard InChI is InChI=1S/C22H41N3O5/c1-21(2,17-5-9-23-10-6-17)29-19(27)15-25(13-14-26)16-20(28)30-22(3,4)18-7-11-24-12-8-18/h17-18,23-24,26H,5-16H2,1-4H3. The molecule has 30 heavy (non-hydrogen) atoms. The van der Waals surface area contributed by atoms with Gasteiger partial charge in [-0.25, -0.2) is 0 Å². The summed E-state index contributed by atoms with van der Waals surface area (Å²) in [6, 6.07) is 0. The average Bonchev–Trinajstić information content (AvgIpc) is 2.68. The Kier molecular flexibility index (Phi) is 9.53. The van der Waals surface area contributed by atoms with E-state index in [0.717, 1.165) is 51.9 Å². The Hall–Kier alpha value is -1.22. The van der Waals surface area contributed by atoms with Crippen molar-refractivity contribution in [2.75, 3.05) is 52.4 Å². The van der Waals surface area contributed by atoms with E-state index in [2.05, 4.69) is 10.6 Å². The highest BCUT2D eigenvalue weighted by atomic mass is 16.6. The number of nitrogens with zero attached hydrogens (tertiary/aromatic N) is 1. The normalized spacial score (nSPS) is 19.7. The van der Waals surface area contributed by atoms with Crippen molar-refractivity contribution < 1.29 is 24.2 Å². The van der Waals surface area contributed by atoms with Crippen LogP contribution in [0, 0.1) is 11.8 Å². The molecule has 2 rings (SSSR count). The highest BCUT2D eigenvalue weighted by Gasteiger charge is 2.36. The van der Waals surface area contributed by atoms with E-state index < -0.39 is 11.2 Å². The molecule has 0 unspecified atom stereocenters. The lowest BCUT2D eigenvalue weighted by Crippen LogP contribution is -2.47. The zero-order valence-electron chi connectivity index (χ0n) is 19.2. The van der Waals surface area contributed by atoms with E-state index in [1.807, 2.05) is 27.7 Å². The van der Waals surface area contributed by atoms with E-state index in [0.29, 0.717) is 11.8 Å². The van der Waals surface area contributed by atoms with Crippen LogP contribution in [-0.2, 0) is 19.1 Å². The summed E-state index contributed by atoms with van der Waals surface area (Å²) in [7, 11) is 0. The molecule has 8 heteroatoms. The first-order valence-electron chi connectivity index (χ1n) is 11.3. The third-order valence-electron chi connectivity index (χ3n) is 6.52. The largest absolute Gasteiger partial charge is 0.458 e. The third-order valence-corrected chi connectivity index (χ3v) is 6.52. The Balaban J connectivity index is 1.86. The number of nitrogens with one attached hydrogen (secondary N) is 2. The van der Waals surface area contributed by atoms with Gasteiger partial charge in [-0.05, 0) is 79.6 Å². The molecule has 0 aromatic rings. The minimum atomic E-state index is -0.554. The highest BCUT2D eigenvalue weighted by Crippen LogP contribution is 2.30. The number of carbonyl (C=O) groups is 2. The summed E-state index contributed by atoms with van der Waals surface area (Å²) in [5, 5.41) is 16.0. The molecule has 2 fully saturated rings. The van der Waals surface area contributed by atoms with Crippen molar-refractivity contribution in [1.29, 1.82) is 0 Å². The van der Waals surface area contributed by atoms with Crippen LogP contribution in [0.1, 0.15) is 53.4 Å². The first-order valence-corrected chi connectivity index (χ1v) is 11.3. The molecule has 0 aliphatic carbocycles. The second-order valence-electron chi connectivity index (χ2n) is 9.64. The molecular weight excluding hydrogens is 386 g/mol. The van der Waals surface area contributed by atoms with Crippen LogP contribution in [0.2, 0.25) is 0 Å². The lowest BCUT2D eigenvalue weighted by Gasteiger charge is -2.38. The van der Waals surface area contributed by atoms with E-state index in [1.54, 1.807) is 4.90 Å². The topological polar surface area (TPSA) is 100 Å². The van der Waals surface area contributed by atoms with Crippen LogP contribution >= 0.6 is 0 Å². The predicted molar refractivity (Wildman–Crippen MR) is 115 cm³/mol. The summed E-state index contributed by atoms with van der Waals surface area (Å²) < 4.78 is 11.6. The van der Waals surface area contributed by atoms with Crippen molar-refractivity contribution in [3.05, 3.63) is 0 Å². The molecule has 0 spiro atoms. The zero-order chi connectivity index (χ0) is 22.2. The molecule has 0 aromatic carbocycles. The van der Waals surface area contributed by atoms with Crippen LogP contribution in [0.3, 0.4) is 0 Å². The van der Waals surface area contributed by atoms with Crippen LogP contribution in [0.5, 0.6) is 0 Å². The van der Waals surface area contributed by atoms with Gasteiger partial charge in [-0.15, -0.1) is 0 Å². The Morgan fingerprint density at radius 2 is 1.20 bits per heavy atom. The summed E-state index contributed by atoms with van der Waals surface area (Å²) in [5.74, 6) is -0.135. The van der Waals surface area contributed by atoms with Gasteiger partial charge in [-0.3, -0.25) is 14.5 Å². The van der Waals surface area contributed by atoms with Crippen LogP contribution in [0.4, 0.5) is 0 Å². The summed E-state index contributed by atoms with van der Waals surface area (Å²) in [5.41, 5.74) is -1.11. The van der Waals surface area contributed by atoms with Crippen molar-refractivity contribution in [2.45, 2.75) is 64.6 Å². The number of aliphatic hydroxyl groups excluding tert-OH is 1. The highest BCUT2D eigenvalue weighted by molar-refractivity contribution is 5.75. The Morgan fingerprint density at radius 1 is 0.833 bits per heavy atom. The minimum absolute atomic E-state index is 0.0438. The van der Waals surface area contributed by atoms with Crippen molar-refractivity contribution in [3.63, 3.8) is 0 Å². The molecule has 2 heterocycles. The Morgan fingerprint density at radius 3 is 1.53 bits per heavy atom. The molecule has 0 aromatic heterocycles. The van der Waals surface area contributed by atoms with Crippen molar-refractivity contribution in [1.82, 2.24) is 15.5 Å². The number of carbonyl (C=O) groups excluding carboxylic acids is 2. The van der Waals surface area contributed by atoms with Crippen LogP contribution in [0.25, 0.3) is 0 Å². The number of hydrogen-bond donors (Lipinski definition) is 3. The maximum Gasteiger partial charge on any atom is 0.320 e. The molecule has 0 saturated carbocycles. The fraction of sp³-hybridized carbons (Fsp3) is 0.909. The van der Waals surface area contributed by atoms with Gasteiger partial charge in [0.25, 0.3) is 0 Å². The van der Waals surface area contributed by atoms with Gasteiger partial charge >= 0.3 is 11.9 Å². The SMILES string of the molecule is CC(C)(OC(=O)CN(CCO)CC(=O)OC(C)(C)C1CCNCC1)C1CCNCC1. The monoisotopic (exact) mass is 427 g/mol. The van der Waals surface area contributed by atoms with Crippen LogP contribution < -0.4 is 10.6 Å². The third kappa shape index (κ3) is 7.80. The maximum absolute atomic E-state index is 12.6. The maximum atomic E-state index is 12.6. The quantitative estimate of drug-likeness (QED) is 0.443. The van der Waals surface area contributed by atoms with Gasteiger partial charge in [0.15, 0.2) is 0 Å². The molecule has 2 aliphatic rings. The molecule has 2 aliphatic heterocycles. The summed E-state index contributed by atoms with van der Waals surface area (Å²) in [4.78, 5) is 26.8. The van der Waals surface area contributed by atoms with E-state index in [9.17, 15) is 14.7 Å². The molecule has 8 nitrogen and oxygen atoms in total. The van der Waals surface area contributed by atoms with Gasteiger partial charge in [0.2, 0.25) is 0 Å². The van der Waals surface area contributed by atoms with Crippen LogP contribution in [-0.4, -0.2) is 85.6 Å². The van der Waals surface area contributed by atoms with Gasteiger partial charge in [0.05, 0.1) is 19.7 Å². The fourth-order valence-electron chi connectivity index (χ4n) is 4.57.